The van der Waals surface area contributed by atoms with Crippen LogP contribution in [0.2, 0.25) is 0 Å². The maximum absolute atomic E-state index is 12.2. The second-order valence-corrected chi connectivity index (χ2v) is 5.20. The van der Waals surface area contributed by atoms with Crippen LogP contribution in [0, 0.1) is 0 Å². The Morgan fingerprint density at radius 2 is 1.96 bits per heavy atom. The third-order valence-electron chi connectivity index (χ3n) is 2.81. The maximum atomic E-state index is 12.2. The first-order valence-corrected chi connectivity index (χ1v) is 6.54. The Morgan fingerprint density at radius 3 is 2.57 bits per heavy atom. The van der Waals surface area contributed by atoms with Crippen molar-refractivity contribution in [1.29, 1.82) is 0 Å². The van der Waals surface area contributed by atoms with E-state index in [2.05, 4.69) is 14.7 Å². The quantitative estimate of drug-likeness (QED) is 0.875. The predicted molar refractivity (Wildman–Crippen MR) is 77.1 cm³/mol. The Bertz CT molecular complexity index is 643. The average Bonchev–Trinajstić information content (AvgIpc) is 2.34. The smallest absolute Gasteiger partial charge is 0.406 e. The molecule has 0 saturated heterocycles. The van der Waals surface area contributed by atoms with Crippen LogP contribution in [-0.4, -0.2) is 29.0 Å². The summed E-state index contributed by atoms with van der Waals surface area (Å²) < 4.78 is 40.5. The van der Waals surface area contributed by atoms with Gasteiger partial charge in [-0.1, -0.05) is 12.1 Å². The van der Waals surface area contributed by atoms with Gasteiger partial charge in [0.25, 0.3) is 0 Å². The number of guanidine groups is 2. The first-order chi connectivity index (χ1) is 10.6. The molecule has 0 saturated carbocycles. The minimum Gasteiger partial charge on any atom is -0.406 e. The van der Waals surface area contributed by atoms with Crippen molar-refractivity contribution in [3.05, 3.63) is 29.8 Å². The van der Waals surface area contributed by atoms with Gasteiger partial charge in [0.1, 0.15) is 12.4 Å². The zero-order valence-corrected chi connectivity index (χ0v) is 12.5. The van der Waals surface area contributed by atoms with Gasteiger partial charge in [0.15, 0.2) is 5.66 Å². The van der Waals surface area contributed by atoms with Gasteiger partial charge < -0.3 is 16.2 Å². The van der Waals surface area contributed by atoms with Crippen molar-refractivity contribution >= 4 is 11.9 Å². The Kier molecular flexibility index (Phi) is 4.37. The molecule has 1 aromatic rings. The van der Waals surface area contributed by atoms with E-state index in [0.717, 1.165) is 0 Å². The van der Waals surface area contributed by atoms with Crippen LogP contribution < -0.4 is 16.2 Å². The highest BCUT2D eigenvalue weighted by molar-refractivity contribution is 5.95. The van der Waals surface area contributed by atoms with E-state index >= 15 is 0 Å². The lowest BCUT2D eigenvalue weighted by Crippen LogP contribution is -2.53. The fraction of sp³-hybridized carbons (Fsp3) is 0.385. The summed E-state index contributed by atoms with van der Waals surface area (Å²) in [5.74, 6) is -0.307. The molecule has 0 fully saturated rings. The van der Waals surface area contributed by atoms with Gasteiger partial charge in [-0.2, -0.15) is 10.1 Å². The number of ether oxygens (including phenoxy) is 1. The van der Waals surface area contributed by atoms with E-state index in [4.69, 9.17) is 16.3 Å². The van der Waals surface area contributed by atoms with Gasteiger partial charge in [0.05, 0.1) is 0 Å². The molecule has 0 amide bonds. The van der Waals surface area contributed by atoms with Gasteiger partial charge in [0, 0.05) is 0 Å². The molecular formula is C13H16F3N5O2. The fourth-order valence-electron chi connectivity index (χ4n) is 1.99. The Hall–Kier alpha value is -2.49. The van der Waals surface area contributed by atoms with E-state index in [1.54, 1.807) is 19.9 Å². The summed E-state index contributed by atoms with van der Waals surface area (Å²) in [6.07, 6.45) is -4.75. The van der Waals surface area contributed by atoms with Crippen LogP contribution >= 0.6 is 0 Å². The molecular weight excluding hydrogens is 315 g/mol. The van der Waals surface area contributed by atoms with Crippen LogP contribution in [-0.2, 0) is 11.4 Å². The summed E-state index contributed by atoms with van der Waals surface area (Å²) in [7, 11) is 0. The standard InChI is InChI=1S/C13H16F3N5O2/c1-12(2)20-10(17)19-11(18)21(12)22-7-8-4-3-5-9(6-8)23-13(14,15)16/h3-6H,7H2,1-2H3,(H4,17,18,19,20). The van der Waals surface area contributed by atoms with Gasteiger partial charge >= 0.3 is 6.36 Å². The van der Waals surface area contributed by atoms with Gasteiger partial charge in [-0.25, -0.2) is 4.99 Å². The van der Waals surface area contributed by atoms with Gasteiger partial charge in [-0.05, 0) is 31.5 Å². The van der Waals surface area contributed by atoms with Crippen molar-refractivity contribution in [3.8, 4) is 5.75 Å². The molecule has 0 atom stereocenters. The summed E-state index contributed by atoms with van der Waals surface area (Å²) in [5.41, 5.74) is 10.8. The molecule has 1 aromatic carbocycles. The summed E-state index contributed by atoms with van der Waals surface area (Å²) in [5, 5.41) is 1.24. The zero-order chi connectivity index (χ0) is 17.3. The molecule has 0 aliphatic carbocycles. The number of nitrogens with two attached hydrogens (primary N) is 2. The van der Waals surface area contributed by atoms with Crippen LogP contribution in [0.5, 0.6) is 5.75 Å². The fourth-order valence-corrected chi connectivity index (χ4v) is 1.99. The summed E-state index contributed by atoms with van der Waals surface area (Å²) in [6.45, 7) is 3.35. The van der Waals surface area contributed by atoms with Crippen LogP contribution in [0.25, 0.3) is 0 Å². The lowest BCUT2D eigenvalue weighted by atomic mass is 10.2. The Balaban J connectivity index is 2.07. The number of aliphatic imine (C=N–C) groups is 2. The highest BCUT2D eigenvalue weighted by Crippen LogP contribution is 2.25. The Labute approximate surface area is 130 Å². The first-order valence-electron chi connectivity index (χ1n) is 6.54. The van der Waals surface area contributed by atoms with Crippen molar-refractivity contribution in [2.75, 3.05) is 0 Å². The largest absolute Gasteiger partial charge is 0.573 e. The maximum Gasteiger partial charge on any atom is 0.573 e. The second kappa shape index (κ2) is 5.95. The normalized spacial score (nSPS) is 17.5. The molecule has 4 N–H and O–H groups in total. The molecule has 0 aromatic heterocycles. The summed E-state index contributed by atoms with van der Waals surface area (Å²) in [4.78, 5) is 13.4. The van der Waals surface area contributed by atoms with Crippen molar-refractivity contribution in [3.63, 3.8) is 0 Å². The third-order valence-corrected chi connectivity index (χ3v) is 2.81. The number of alkyl halides is 3. The predicted octanol–water partition coefficient (Wildman–Crippen LogP) is 1.70. The van der Waals surface area contributed by atoms with Crippen LogP contribution in [0.4, 0.5) is 13.2 Å². The zero-order valence-electron chi connectivity index (χ0n) is 12.5. The topological polar surface area (TPSA) is 98.5 Å². The molecule has 126 valence electrons. The lowest BCUT2D eigenvalue weighted by Gasteiger charge is -2.36. The SMILES string of the molecule is CC1(C)N=C(N)N=C(N)N1OCc1cccc(OC(F)(F)F)c1. The van der Waals surface area contributed by atoms with Crippen molar-refractivity contribution in [1.82, 2.24) is 5.06 Å². The third kappa shape index (κ3) is 4.49. The second-order valence-electron chi connectivity index (χ2n) is 5.20. The molecule has 1 aliphatic heterocycles. The number of hydrogen-bond acceptors (Lipinski definition) is 7. The van der Waals surface area contributed by atoms with E-state index in [1.807, 2.05) is 0 Å². The number of rotatable bonds is 4. The summed E-state index contributed by atoms with van der Waals surface area (Å²) in [6, 6.07) is 5.43. The van der Waals surface area contributed by atoms with Crippen molar-refractivity contribution < 1.29 is 22.7 Å². The minimum atomic E-state index is -4.75. The van der Waals surface area contributed by atoms with E-state index in [-0.39, 0.29) is 24.3 Å². The number of halogens is 3. The lowest BCUT2D eigenvalue weighted by molar-refractivity contribution is -0.274. The highest BCUT2D eigenvalue weighted by Gasteiger charge is 2.33. The molecule has 0 spiro atoms. The van der Waals surface area contributed by atoms with Crippen molar-refractivity contribution in [2.45, 2.75) is 32.5 Å². The average molecular weight is 331 g/mol. The molecule has 1 heterocycles. The first kappa shape index (κ1) is 16.9. The molecule has 10 heteroatoms. The van der Waals surface area contributed by atoms with E-state index in [0.29, 0.717) is 5.56 Å². The van der Waals surface area contributed by atoms with E-state index in [1.165, 1.54) is 23.3 Å². The molecule has 2 rings (SSSR count). The highest BCUT2D eigenvalue weighted by atomic mass is 19.4. The van der Waals surface area contributed by atoms with Crippen LogP contribution in [0.1, 0.15) is 19.4 Å². The number of benzene rings is 1. The van der Waals surface area contributed by atoms with E-state index in [9.17, 15) is 13.2 Å². The van der Waals surface area contributed by atoms with Gasteiger partial charge in [0.2, 0.25) is 11.9 Å². The molecule has 23 heavy (non-hydrogen) atoms. The molecule has 7 nitrogen and oxygen atoms in total. The molecule has 0 radical (unpaired) electrons. The summed E-state index contributed by atoms with van der Waals surface area (Å²) >= 11 is 0. The molecule has 0 bridgehead atoms. The molecule has 1 aliphatic rings. The number of hydrogen-bond donors (Lipinski definition) is 2. The molecule has 0 unspecified atom stereocenters. The number of nitrogens with zero attached hydrogens (tertiary/aromatic N) is 3. The van der Waals surface area contributed by atoms with Crippen LogP contribution in [0.15, 0.2) is 34.3 Å². The number of hydroxylamine groups is 2. The monoisotopic (exact) mass is 331 g/mol. The Morgan fingerprint density at radius 1 is 1.26 bits per heavy atom. The van der Waals surface area contributed by atoms with Gasteiger partial charge in [-0.15, -0.1) is 13.2 Å². The minimum absolute atomic E-state index is 0.00481. The van der Waals surface area contributed by atoms with Crippen LogP contribution in [0.3, 0.4) is 0 Å². The van der Waals surface area contributed by atoms with Gasteiger partial charge in [-0.3, -0.25) is 4.84 Å². The van der Waals surface area contributed by atoms with E-state index < -0.39 is 12.0 Å². The van der Waals surface area contributed by atoms with Crippen molar-refractivity contribution in [2.24, 2.45) is 21.5 Å².